The van der Waals surface area contributed by atoms with E-state index in [9.17, 15) is 4.79 Å². The maximum Gasteiger partial charge on any atom is 0.211 e. The van der Waals surface area contributed by atoms with E-state index in [4.69, 9.17) is 11.1 Å². The fourth-order valence-corrected chi connectivity index (χ4v) is 3.75. The van der Waals surface area contributed by atoms with Gasteiger partial charge in [0, 0.05) is 10.6 Å². The van der Waals surface area contributed by atoms with Crippen molar-refractivity contribution < 1.29 is 4.79 Å². The van der Waals surface area contributed by atoms with E-state index in [1.807, 2.05) is 24.3 Å². The molecule has 0 saturated heterocycles. The molecule has 0 heterocycles. The van der Waals surface area contributed by atoms with Crippen LogP contribution in [0.25, 0.3) is 11.1 Å². The van der Waals surface area contributed by atoms with Crippen molar-refractivity contribution >= 4 is 29.7 Å². The second-order valence-corrected chi connectivity index (χ2v) is 7.64. The van der Waals surface area contributed by atoms with Gasteiger partial charge in [0.05, 0.1) is 5.75 Å². The van der Waals surface area contributed by atoms with Crippen molar-refractivity contribution in [2.75, 3.05) is 11.1 Å². The number of carbonyl (C=O) groups excluding carboxylic acids is 1. The third-order valence-electron chi connectivity index (χ3n) is 4.43. The van der Waals surface area contributed by atoms with Gasteiger partial charge in [-0.3, -0.25) is 10.2 Å². The number of thioether (sulfide) groups is 1. The molecule has 28 heavy (non-hydrogen) atoms. The topological polar surface area (TPSA) is 79.0 Å². The number of nitrogens with two attached hydrogens (primary N) is 1. The van der Waals surface area contributed by atoms with Crippen LogP contribution in [0.4, 0.5) is 5.69 Å². The number of amides is 1. The Labute approximate surface area is 169 Å². The Balaban J connectivity index is 0.000000169. The molecule has 0 aromatic heterocycles. The SMILES string of the molecule is Cc1ccc(SCC(=N)N)cc1.O=CNc1ccc2c(c1)Cc1ccccc1-2. The molecule has 4 nitrogen and oxygen atoms in total. The zero-order valence-corrected chi connectivity index (χ0v) is 16.6. The van der Waals surface area contributed by atoms with Crippen molar-refractivity contribution in [3.05, 3.63) is 83.4 Å². The van der Waals surface area contributed by atoms with E-state index in [1.165, 1.54) is 27.8 Å². The first-order valence-electron chi connectivity index (χ1n) is 9.00. The summed E-state index contributed by atoms with van der Waals surface area (Å²) in [6, 6.07) is 22.7. The number of anilines is 1. The summed E-state index contributed by atoms with van der Waals surface area (Å²) >= 11 is 1.59. The Hall–Kier alpha value is -3.05. The van der Waals surface area contributed by atoms with E-state index >= 15 is 0 Å². The lowest BCUT2D eigenvalue weighted by Gasteiger charge is -2.03. The second kappa shape index (κ2) is 9.24. The summed E-state index contributed by atoms with van der Waals surface area (Å²) in [6.45, 7) is 2.05. The Kier molecular flexibility index (Phi) is 6.50. The third-order valence-corrected chi connectivity index (χ3v) is 5.50. The molecule has 3 aromatic rings. The number of aryl methyl sites for hydroxylation is 1. The van der Waals surface area contributed by atoms with Crippen LogP contribution in [0.3, 0.4) is 0 Å². The molecule has 1 aliphatic carbocycles. The minimum atomic E-state index is 0.223. The van der Waals surface area contributed by atoms with Gasteiger partial charge >= 0.3 is 0 Å². The van der Waals surface area contributed by atoms with E-state index in [-0.39, 0.29) is 5.84 Å². The van der Waals surface area contributed by atoms with E-state index in [0.717, 1.165) is 17.0 Å². The van der Waals surface area contributed by atoms with Crippen molar-refractivity contribution in [2.45, 2.75) is 18.2 Å². The first-order chi connectivity index (χ1) is 13.6. The molecule has 1 aliphatic rings. The minimum absolute atomic E-state index is 0.223. The van der Waals surface area contributed by atoms with Crippen LogP contribution < -0.4 is 11.1 Å². The van der Waals surface area contributed by atoms with Gasteiger partial charge < -0.3 is 11.1 Å². The summed E-state index contributed by atoms with van der Waals surface area (Å²) in [5, 5.41) is 9.73. The number of hydrogen-bond donors (Lipinski definition) is 3. The average molecular weight is 390 g/mol. The minimum Gasteiger partial charge on any atom is -0.387 e. The summed E-state index contributed by atoms with van der Waals surface area (Å²) in [4.78, 5) is 11.5. The fourth-order valence-electron chi connectivity index (χ4n) is 3.10. The largest absolute Gasteiger partial charge is 0.387 e. The number of amidine groups is 1. The van der Waals surface area contributed by atoms with Crippen LogP contribution in [0, 0.1) is 12.3 Å². The van der Waals surface area contributed by atoms with Gasteiger partial charge in [-0.2, -0.15) is 0 Å². The summed E-state index contributed by atoms with van der Waals surface area (Å²) in [7, 11) is 0. The normalized spacial score (nSPS) is 10.9. The molecule has 0 aliphatic heterocycles. The lowest BCUT2D eigenvalue weighted by molar-refractivity contribution is -0.105. The van der Waals surface area contributed by atoms with E-state index in [0.29, 0.717) is 12.2 Å². The van der Waals surface area contributed by atoms with Crippen LogP contribution in [-0.4, -0.2) is 18.0 Å². The molecule has 3 aromatic carbocycles. The van der Waals surface area contributed by atoms with Gasteiger partial charge in [-0.15, -0.1) is 11.8 Å². The molecule has 0 unspecified atom stereocenters. The number of nitrogens with one attached hydrogen (secondary N) is 2. The first-order valence-corrected chi connectivity index (χ1v) is 9.99. The number of hydrogen-bond acceptors (Lipinski definition) is 3. The van der Waals surface area contributed by atoms with Crippen LogP contribution >= 0.6 is 11.8 Å². The van der Waals surface area contributed by atoms with E-state index < -0.39 is 0 Å². The van der Waals surface area contributed by atoms with Gasteiger partial charge in [0.1, 0.15) is 5.84 Å². The zero-order valence-electron chi connectivity index (χ0n) is 15.7. The van der Waals surface area contributed by atoms with Crippen LogP contribution in [0.2, 0.25) is 0 Å². The van der Waals surface area contributed by atoms with Crippen LogP contribution in [0.15, 0.2) is 71.6 Å². The quantitative estimate of drug-likeness (QED) is 0.198. The van der Waals surface area contributed by atoms with Crippen molar-refractivity contribution in [3.8, 4) is 11.1 Å². The fraction of sp³-hybridized carbons (Fsp3) is 0.130. The Morgan fingerprint density at radius 2 is 1.79 bits per heavy atom. The van der Waals surface area contributed by atoms with Crippen molar-refractivity contribution in [1.82, 2.24) is 0 Å². The maximum absolute atomic E-state index is 10.4. The lowest BCUT2D eigenvalue weighted by Crippen LogP contribution is -2.11. The summed E-state index contributed by atoms with van der Waals surface area (Å²) in [5.41, 5.74) is 12.6. The highest BCUT2D eigenvalue weighted by Crippen LogP contribution is 2.37. The molecule has 0 saturated carbocycles. The summed E-state index contributed by atoms with van der Waals surface area (Å²) in [5.74, 6) is 0.795. The Morgan fingerprint density at radius 3 is 2.50 bits per heavy atom. The molecule has 142 valence electrons. The van der Waals surface area contributed by atoms with Gasteiger partial charge in [0.15, 0.2) is 0 Å². The summed E-state index contributed by atoms with van der Waals surface area (Å²) < 4.78 is 0. The molecule has 0 bridgehead atoms. The number of rotatable bonds is 5. The predicted molar refractivity (Wildman–Crippen MR) is 118 cm³/mol. The molecule has 1 amide bonds. The van der Waals surface area contributed by atoms with Crippen molar-refractivity contribution in [2.24, 2.45) is 5.73 Å². The van der Waals surface area contributed by atoms with E-state index in [1.54, 1.807) is 11.8 Å². The molecule has 0 spiro atoms. The van der Waals surface area contributed by atoms with Crippen LogP contribution in [-0.2, 0) is 11.2 Å². The van der Waals surface area contributed by atoms with E-state index in [2.05, 4.69) is 54.7 Å². The zero-order chi connectivity index (χ0) is 19.9. The third kappa shape index (κ3) is 5.02. The Morgan fingerprint density at radius 1 is 1.07 bits per heavy atom. The van der Waals surface area contributed by atoms with Gasteiger partial charge in [0.25, 0.3) is 0 Å². The van der Waals surface area contributed by atoms with Crippen LogP contribution in [0.1, 0.15) is 16.7 Å². The number of carbonyl (C=O) groups is 1. The summed E-state index contributed by atoms with van der Waals surface area (Å²) in [6.07, 6.45) is 1.67. The van der Waals surface area contributed by atoms with Gasteiger partial charge in [-0.25, -0.2) is 0 Å². The van der Waals surface area contributed by atoms with Crippen molar-refractivity contribution in [3.63, 3.8) is 0 Å². The molecule has 4 N–H and O–H groups in total. The highest BCUT2D eigenvalue weighted by Gasteiger charge is 2.17. The smallest absolute Gasteiger partial charge is 0.211 e. The van der Waals surface area contributed by atoms with Crippen LogP contribution in [0.5, 0.6) is 0 Å². The monoisotopic (exact) mass is 389 g/mol. The van der Waals surface area contributed by atoms with Gasteiger partial charge in [0.2, 0.25) is 6.41 Å². The maximum atomic E-state index is 10.4. The molecule has 0 radical (unpaired) electrons. The molecular weight excluding hydrogens is 366 g/mol. The van der Waals surface area contributed by atoms with Gasteiger partial charge in [-0.05, 0) is 59.9 Å². The number of benzene rings is 3. The predicted octanol–water partition coefficient (Wildman–Crippen LogP) is 4.85. The number of fused-ring (bicyclic) bond motifs is 3. The molecule has 0 atom stereocenters. The highest BCUT2D eigenvalue weighted by molar-refractivity contribution is 8.00. The molecule has 0 fully saturated rings. The molecular formula is C23H23N3OS. The van der Waals surface area contributed by atoms with Gasteiger partial charge in [-0.1, -0.05) is 48.0 Å². The van der Waals surface area contributed by atoms with Crippen molar-refractivity contribution in [1.29, 1.82) is 5.41 Å². The lowest BCUT2D eigenvalue weighted by atomic mass is 10.1. The second-order valence-electron chi connectivity index (χ2n) is 6.60. The molecule has 5 heteroatoms. The first kappa shape index (κ1) is 19.7. The Bertz CT molecular complexity index is 983. The average Bonchev–Trinajstić information content (AvgIpc) is 3.06. The standard InChI is InChI=1S/C14H11NO.C9H12N2S/c16-9-15-12-5-6-14-11(8-12)7-10-3-1-2-4-13(10)14;1-7-2-4-8(5-3-7)12-6-9(10)11/h1-6,8-9H,7H2,(H,15,16);2-5H,6H2,1H3,(H3,10,11). The highest BCUT2D eigenvalue weighted by atomic mass is 32.2. The molecule has 4 rings (SSSR count).